The van der Waals surface area contributed by atoms with Gasteiger partial charge in [-0.1, -0.05) is 78.5 Å². The summed E-state index contributed by atoms with van der Waals surface area (Å²) in [7, 11) is 0. The van der Waals surface area contributed by atoms with Crippen LogP contribution in [0.25, 0.3) is 22.5 Å². The van der Waals surface area contributed by atoms with E-state index in [4.69, 9.17) is 4.98 Å². The molecule has 2 aromatic heterocycles. The molecule has 0 fully saturated rings. The third-order valence-corrected chi connectivity index (χ3v) is 5.60. The summed E-state index contributed by atoms with van der Waals surface area (Å²) in [5.41, 5.74) is 4.94. The summed E-state index contributed by atoms with van der Waals surface area (Å²) in [6, 6.07) is 23.9. The lowest BCUT2D eigenvalue weighted by Gasteiger charge is -2.10. The third kappa shape index (κ3) is 4.60. The molecule has 1 unspecified atom stereocenters. The van der Waals surface area contributed by atoms with E-state index in [2.05, 4.69) is 15.3 Å². The number of carbonyl (C=O) groups is 1. The number of pyridine rings is 1. The van der Waals surface area contributed by atoms with Crippen LogP contribution in [0, 0.1) is 6.92 Å². The average molecular weight is 415 g/mol. The topological polar surface area (TPSA) is 70.7 Å². The molecule has 0 spiro atoms. The molecule has 4 rings (SSSR count). The van der Waals surface area contributed by atoms with Gasteiger partial charge in [0.25, 0.3) is 0 Å². The van der Waals surface area contributed by atoms with E-state index in [1.54, 1.807) is 12.3 Å². The molecule has 2 heterocycles. The van der Waals surface area contributed by atoms with Gasteiger partial charge in [-0.3, -0.25) is 4.79 Å². The van der Waals surface area contributed by atoms with Crippen molar-refractivity contribution in [2.75, 3.05) is 5.32 Å². The summed E-state index contributed by atoms with van der Waals surface area (Å²) in [4.78, 5) is 25.1. The predicted molar refractivity (Wildman–Crippen MR) is 122 cm³/mol. The van der Waals surface area contributed by atoms with Crippen LogP contribution in [0.15, 0.2) is 84.1 Å². The van der Waals surface area contributed by atoms with Gasteiger partial charge in [0, 0.05) is 17.3 Å². The number of hydrogen-bond acceptors (Lipinski definition) is 4. The van der Waals surface area contributed by atoms with E-state index >= 15 is 0 Å². The number of aromatic amines is 1. The van der Waals surface area contributed by atoms with Crippen LogP contribution < -0.4 is 5.32 Å². The molecule has 0 bridgehead atoms. The number of aromatic nitrogens is 3. The Kier molecular flexibility index (Phi) is 5.95. The Bertz CT molecular complexity index is 1070. The summed E-state index contributed by atoms with van der Waals surface area (Å²) in [5, 5.41) is 3.22. The molecule has 4 aromatic rings. The summed E-state index contributed by atoms with van der Waals surface area (Å²) >= 11 is 1.39. The maximum absolute atomic E-state index is 12.6. The summed E-state index contributed by atoms with van der Waals surface area (Å²) in [6.07, 6.45) is 1.73. The van der Waals surface area contributed by atoms with Crippen LogP contribution in [0.5, 0.6) is 0 Å². The normalized spacial score (nSPS) is 11.8. The Morgan fingerprint density at radius 1 is 0.967 bits per heavy atom. The molecule has 0 aliphatic carbocycles. The predicted octanol–water partition coefficient (Wildman–Crippen LogP) is 5.57. The monoisotopic (exact) mass is 414 g/mol. The molecule has 150 valence electrons. The van der Waals surface area contributed by atoms with Crippen LogP contribution in [-0.2, 0) is 4.79 Å². The van der Waals surface area contributed by atoms with Crippen LogP contribution in [0.4, 0.5) is 5.82 Å². The standard InChI is InChI=1S/C24H22N4OS/c1-16-13-14-20(25-15-16)26-23(29)17(2)30-24-27-21(18-9-5-3-6-10-18)22(28-24)19-11-7-4-8-12-19/h3-15,17H,1-2H3,(H,27,28)(H,25,26,29). The minimum Gasteiger partial charge on any atom is -0.332 e. The van der Waals surface area contributed by atoms with Crippen molar-refractivity contribution in [1.82, 2.24) is 15.0 Å². The fraction of sp³-hybridized carbons (Fsp3) is 0.125. The molecule has 0 saturated heterocycles. The molecule has 1 atom stereocenters. The largest absolute Gasteiger partial charge is 0.332 e. The first kappa shape index (κ1) is 19.9. The van der Waals surface area contributed by atoms with Crippen LogP contribution in [0.3, 0.4) is 0 Å². The van der Waals surface area contributed by atoms with Crippen molar-refractivity contribution in [3.05, 3.63) is 84.6 Å². The second-order valence-electron chi connectivity index (χ2n) is 6.97. The SMILES string of the molecule is Cc1ccc(NC(=O)C(C)Sc2nc(-c3ccccc3)c(-c3ccccc3)[nH]2)nc1. The Balaban J connectivity index is 1.57. The fourth-order valence-corrected chi connectivity index (χ4v) is 3.82. The van der Waals surface area contributed by atoms with Crippen LogP contribution in [-0.4, -0.2) is 26.1 Å². The van der Waals surface area contributed by atoms with Gasteiger partial charge in [-0.25, -0.2) is 9.97 Å². The summed E-state index contributed by atoms with van der Waals surface area (Å²) in [5.74, 6) is 0.433. The van der Waals surface area contributed by atoms with Crippen LogP contribution >= 0.6 is 11.8 Å². The average Bonchev–Trinajstić information content (AvgIpc) is 3.20. The molecule has 30 heavy (non-hydrogen) atoms. The van der Waals surface area contributed by atoms with Crippen molar-refractivity contribution >= 4 is 23.5 Å². The summed E-state index contributed by atoms with van der Waals surface area (Å²) < 4.78 is 0. The van der Waals surface area contributed by atoms with Gasteiger partial charge in [-0.15, -0.1) is 0 Å². The van der Waals surface area contributed by atoms with Crippen molar-refractivity contribution in [1.29, 1.82) is 0 Å². The number of amides is 1. The smallest absolute Gasteiger partial charge is 0.238 e. The number of thioether (sulfide) groups is 1. The van der Waals surface area contributed by atoms with Gasteiger partial charge in [0.15, 0.2) is 5.16 Å². The zero-order valence-electron chi connectivity index (χ0n) is 16.8. The lowest BCUT2D eigenvalue weighted by atomic mass is 10.1. The second-order valence-corrected chi connectivity index (χ2v) is 8.30. The van der Waals surface area contributed by atoms with E-state index in [0.717, 1.165) is 28.1 Å². The number of anilines is 1. The number of imidazole rings is 1. The van der Waals surface area contributed by atoms with Crippen molar-refractivity contribution in [3.63, 3.8) is 0 Å². The van der Waals surface area contributed by atoms with Gasteiger partial charge < -0.3 is 10.3 Å². The highest BCUT2D eigenvalue weighted by molar-refractivity contribution is 8.00. The molecular weight excluding hydrogens is 392 g/mol. The number of carbonyl (C=O) groups excluding carboxylic acids is 1. The minimum absolute atomic E-state index is 0.115. The first-order chi connectivity index (χ1) is 14.6. The van der Waals surface area contributed by atoms with Crippen molar-refractivity contribution in [2.45, 2.75) is 24.3 Å². The zero-order chi connectivity index (χ0) is 20.9. The number of rotatable bonds is 6. The number of benzene rings is 2. The number of H-pyrrole nitrogens is 1. The highest BCUT2D eigenvalue weighted by atomic mass is 32.2. The molecule has 1 amide bonds. The molecule has 2 aromatic carbocycles. The number of nitrogens with zero attached hydrogens (tertiary/aromatic N) is 2. The highest BCUT2D eigenvalue weighted by Crippen LogP contribution is 2.33. The van der Waals surface area contributed by atoms with Gasteiger partial charge in [0.05, 0.1) is 16.6 Å². The molecule has 0 aliphatic rings. The second kappa shape index (κ2) is 8.97. The van der Waals surface area contributed by atoms with Gasteiger partial charge in [-0.05, 0) is 25.5 Å². The van der Waals surface area contributed by atoms with Crippen molar-refractivity contribution < 1.29 is 4.79 Å². The Morgan fingerprint density at radius 3 is 2.27 bits per heavy atom. The maximum Gasteiger partial charge on any atom is 0.238 e. The molecule has 0 aliphatic heterocycles. The van der Waals surface area contributed by atoms with Crippen LogP contribution in [0.2, 0.25) is 0 Å². The van der Waals surface area contributed by atoms with E-state index in [1.165, 1.54) is 11.8 Å². The first-order valence-electron chi connectivity index (χ1n) is 9.71. The number of aryl methyl sites for hydroxylation is 1. The lowest BCUT2D eigenvalue weighted by Crippen LogP contribution is -2.23. The fourth-order valence-electron chi connectivity index (χ4n) is 3.02. The quantitative estimate of drug-likeness (QED) is 0.405. The Labute approximate surface area is 180 Å². The van der Waals surface area contributed by atoms with E-state index in [0.29, 0.717) is 11.0 Å². The molecule has 0 radical (unpaired) electrons. The molecule has 0 saturated carbocycles. The van der Waals surface area contributed by atoms with Gasteiger partial charge >= 0.3 is 0 Å². The van der Waals surface area contributed by atoms with Gasteiger partial charge in [0.1, 0.15) is 5.82 Å². The first-order valence-corrected chi connectivity index (χ1v) is 10.6. The number of hydrogen-bond donors (Lipinski definition) is 2. The molecule has 6 heteroatoms. The van der Waals surface area contributed by atoms with Crippen molar-refractivity contribution in [3.8, 4) is 22.5 Å². The summed E-state index contributed by atoms with van der Waals surface area (Å²) in [6.45, 7) is 3.82. The van der Waals surface area contributed by atoms with Crippen LogP contribution in [0.1, 0.15) is 12.5 Å². The Morgan fingerprint density at radius 2 is 1.63 bits per heavy atom. The van der Waals surface area contributed by atoms with Gasteiger partial charge in [-0.2, -0.15) is 0 Å². The van der Waals surface area contributed by atoms with E-state index in [1.807, 2.05) is 80.6 Å². The van der Waals surface area contributed by atoms with E-state index in [-0.39, 0.29) is 11.2 Å². The molecular formula is C24H22N4OS. The van der Waals surface area contributed by atoms with E-state index < -0.39 is 0 Å². The highest BCUT2D eigenvalue weighted by Gasteiger charge is 2.20. The van der Waals surface area contributed by atoms with Crippen molar-refractivity contribution in [2.24, 2.45) is 0 Å². The third-order valence-electron chi connectivity index (χ3n) is 4.61. The van der Waals surface area contributed by atoms with Gasteiger partial charge in [0.2, 0.25) is 5.91 Å². The van der Waals surface area contributed by atoms with E-state index in [9.17, 15) is 4.79 Å². The zero-order valence-corrected chi connectivity index (χ0v) is 17.6. The molecule has 5 nitrogen and oxygen atoms in total. The maximum atomic E-state index is 12.6. The Hall–Kier alpha value is -3.38. The molecule has 2 N–H and O–H groups in total. The minimum atomic E-state index is -0.341. The number of nitrogens with one attached hydrogen (secondary N) is 2. The lowest BCUT2D eigenvalue weighted by molar-refractivity contribution is -0.115.